The molecule has 0 saturated carbocycles. The zero-order chi connectivity index (χ0) is 26.7. The third-order valence-corrected chi connectivity index (χ3v) is 7.47. The van der Waals surface area contributed by atoms with E-state index in [9.17, 15) is 31.5 Å². The Morgan fingerprint density at radius 2 is 1.62 bits per heavy atom. The molecule has 0 spiro atoms. The summed E-state index contributed by atoms with van der Waals surface area (Å²) in [4.78, 5) is 14.2. The van der Waals surface area contributed by atoms with Crippen LogP contribution in [0.15, 0.2) is 83.8 Å². The molecule has 7 nitrogen and oxygen atoms in total. The monoisotopic (exact) mass is 534 g/mol. The van der Waals surface area contributed by atoms with Gasteiger partial charge in [0.05, 0.1) is 10.5 Å². The molecule has 1 fully saturated rings. The first-order valence-electron chi connectivity index (χ1n) is 11.5. The van der Waals surface area contributed by atoms with E-state index in [0.717, 1.165) is 29.8 Å². The number of sulfonamides is 1. The Balaban J connectivity index is 1.37. The number of carbonyl (C=O) groups is 1. The van der Waals surface area contributed by atoms with Gasteiger partial charge in [0.15, 0.2) is 0 Å². The number of likely N-dealkylation sites (tertiary alicyclic amines) is 1. The van der Waals surface area contributed by atoms with Gasteiger partial charge in [-0.3, -0.25) is 9.52 Å². The van der Waals surface area contributed by atoms with Crippen molar-refractivity contribution in [2.75, 3.05) is 17.8 Å². The first kappa shape index (κ1) is 26.5. The summed E-state index contributed by atoms with van der Waals surface area (Å²) >= 11 is 0. The summed E-state index contributed by atoms with van der Waals surface area (Å²) in [5.41, 5.74) is 0.622. The van der Waals surface area contributed by atoms with Gasteiger partial charge in [0, 0.05) is 36.8 Å². The van der Waals surface area contributed by atoms with Gasteiger partial charge in [0.1, 0.15) is 5.75 Å². The first-order valence-corrected chi connectivity index (χ1v) is 13.0. The van der Waals surface area contributed by atoms with Gasteiger partial charge in [0.25, 0.3) is 15.9 Å². The Labute approximate surface area is 212 Å². The van der Waals surface area contributed by atoms with Gasteiger partial charge in [0.2, 0.25) is 0 Å². The second-order valence-corrected chi connectivity index (χ2v) is 10.6. The number of rotatable bonds is 7. The molecule has 11 heteroatoms. The van der Waals surface area contributed by atoms with E-state index in [0.29, 0.717) is 37.9 Å². The van der Waals surface area contributed by atoms with Crippen LogP contribution >= 0.6 is 0 Å². The molecule has 0 bridgehead atoms. The van der Waals surface area contributed by atoms with E-state index in [4.69, 9.17) is 0 Å². The number of aliphatic hydroxyl groups is 1. The average Bonchev–Trinajstić information content (AvgIpc) is 2.84. The van der Waals surface area contributed by atoms with Crippen molar-refractivity contribution in [2.45, 2.75) is 36.1 Å². The number of alkyl halides is 3. The van der Waals surface area contributed by atoms with Crippen molar-refractivity contribution < 1.29 is 36.2 Å². The highest BCUT2D eigenvalue weighted by atomic mass is 32.2. The van der Waals surface area contributed by atoms with Gasteiger partial charge in [-0.05, 0) is 54.8 Å². The van der Waals surface area contributed by atoms with E-state index in [2.05, 4.69) is 9.46 Å². The number of ether oxygens (including phenoxy) is 1. The zero-order valence-corrected chi connectivity index (χ0v) is 20.4. The molecule has 3 aromatic carbocycles. The van der Waals surface area contributed by atoms with Crippen molar-refractivity contribution in [3.63, 3.8) is 0 Å². The van der Waals surface area contributed by atoms with Gasteiger partial charge in [-0.2, -0.15) is 0 Å². The summed E-state index contributed by atoms with van der Waals surface area (Å²) < 4.78 is 68.7. The van der Waals surface area contributed by atoms with Crippen LogP contribution in [0.5, 0.6) is 5.75 Å². The van der Waals surface area contributed by atoms with Crippen molar-refractivity contribution in [3.05, 3.63) is 90.0 Å². The molecule has 0 atom stereocenters. The lowest BCUT2D eigenvalue weighted by Crippen LogP contribution is -2.47. The number of halogens is 3. The highest BCUT2D eigenvalue weighted by molar-refractivity contribution is 7.92. The maximum absolute atomic E-state index is 12.9. The standard InChI is InChI=1S/C26H25F3N2O5S/c27-26(28,29)36-22-7-4-8-23(17-22)37(34,35)30-21-11-9-20(10-12-21)24(32)31-15-13-25(33,14-16-31)18-19-5-2-1-3-6-19/h1-12,17,30,33H,13-16,18H2. The number of carbonyl (C=O) groups excluding carboxylic acids is 1. The minimum Gasteiger partial charge on any atom is -0.406 e. The number of hydrogen-bond donors (Lipinski definition) is 2. The summed E-state index contributed by atoms with van der Waals surface area (Å²) in [6, 6.07) is 19.4. The minimum atomic E-state index is -4.95. The SMILES string of the molecule is O=C(c1ccc(NS(=O)(=O)c2cccc(OC(F)(F)F)c2)cc1)N1CCC(O)(Cc2ccccc2)CC1. The summed E-state index contributed by atoms with van der Waals surface area (Å²) in [6.07, 6.45) is -3.58. The lowest BCUT2D eigenvalue weighted by atomic mass is 9.85. The fraction of sp³-hybridized carbons (Fsp3) is 0.269. The second kappa shape index (κ2) is 10.4. The Hall–Kier alpha value is -3.57. The number of nitrogens with zero attached hydrogens (tertiary/aromatic N) is 1. The van der Waals surface area contributed by atoms with Crippen molar-refractivity contribution >= 4 is 21.6 Å². The second-order valence-electron chi connectivity index (χ2n) is 8.88. The largest absolute Gasteiger partial charge is 0.573 e. The van der Waals surface area contributed by atoms with Crippen LogP contribution in [0.25, 0.3) is 0 Å². The van der Waals surface area contributed by atoms with E-state index >= 15 is 0 Å². The molecule has 4 rings (SSSR count). The molecule has 1 aliphatic rings. The van der Waals surface area contributed by atoms with Crippen LogP contribution in [0.1, 0.15) is 28.8 Å². The topological polar surface area (TPSA) is 95.9 Å². The zero-order valence-electron chi connectivity index (χ0n) is 19.6. The van der Waals surface area contributed by atoms with Crippen LogP contribution in [0.3, 0.4) is 0 Å². The molecular formula is C26H25F3N2O5S. The number of anilines is 1. The van der Waals surface area contributed by atoms with Gasteiger partial charge >= 0.3 is 6.36 Å². The quantitative estimate of drug-likeness (QED) is 0.462. The molecule has 37 heavy (non-hydrogen) atoms. The van der Waals surface area contributed by atoms with E-state index in [1.807, 2.05) is 30.3 Å². The molecule has 3 aromatic rings. The van der Waals surface area contributed by atoms with Crippen LogP contribution in [-0.2, 0) is 16.4 Å². The van der Waals surface area contributed by atoms with E-state index < -0.39 is 32.6 Å². The predicted octanol–water partition coefficient (Wildman–Crippen LogP) is 4.60. The molecule has 0 radical (unpaired) electrons. The Kier molecular flexibility index (Phi) is 7.47. The van der Waals surface area contributed by atoms with Crippen molar-refractivity contribution in [1.82, 2.24) is 4.90 Å². The highest BCUT2D eigenvalue weighted by Crippen LogP contribution is 2.28. The normalized spacial score (nSPS) is 15.7. The van der Waals surface area contributed by atoms with Gasteiger partial charge in [-0.1, -0.05) is 36.4 Å². The fourth-order valence-corrected chi connectivity index (χ4v) is 5.29. The lowest BCUT2D eigenvalue weighted by molar-refractivity contribution is -0.274. The highest BCUT2D eigenvalue weighted by Gasteiger charge is 2.34. The van der Waals surface area contributed by atoms with Crippen LogP contribution in [0.2, 0.25) is 0 Å². The molecule has 0 aromatic heterocycles. The van der Waals surface area contributed by atoms with Crippen LogP contribution < -0.4 is 9.46 Å². The predicted molar refractivity (Wildman–Crippen MR) is 131 cm³/mol. The molecule has 1 heterocycles. The van der Waals surface area contributed by atoms with Crippen molar-refractivity contribution in [2.24, 2.45) is 0 Å². The third-order valence-electron chi connectivity index (χ3n) is 6.09. The lowest BCUT2D eigenvalue weighted by Gasteiger charge is -2.38. The third kappa shape index (κ3) is 7.01. The van der Waals surface area contributed by atoms with Crippen LogP contribution in [0.4, 0.5) is 18.9 Å². The summed E-state index contributed by atoms with van der Waals surface area (Å²) in [5.74, 6) is -0.901. The Morgan fingerprint density at radius 3 is 2.24 bits per heavy atom. The number of piperidine rings is 1. The Morgan fingerprint density at radius 1 is 0.973 bits per heavy atom. The summed E-state index contributed by atoms with van der Waals surface area (Å²) in [7, 11) is -4.20. The van der Waals surface area contributed by atoms with Gasteiger partial charge in [-0.25, -0.2) is 8.42 Å². The van der Waals surface area contributed by atoms with Crippen LogP contribution in [0, 0.1) is 0 Å². The molecule has 1 aliphatic heterocycles. The molecule has 0 unspecified atom stereocenters. The van der Waals surface area contributed by atoms with Crippen molar-refractivity contribution in [1.29, 1.82) is 0 Å². The fourth-order valence-electron chi connectivity index (χ4n) is 4.19. The van der Waals surface area contributed by atoms with E-state index in [1.54, 1.807) is 4.90 Å². The Bertz CT molecular complexity index is 1340. The molecule has 196 valence electrons. The molecular weight excluding hydrogens is 509 g/mol. The average molecular weight is 535 g/mol. The molecule has 1 amide bonds. The number of amides is 1. The van der Waals surface area contributed by atoms with E-state index in [-0.39, 0.29) is 11.6 Å². The maximum atomic E-state index is 12.9. The first-order chi connectivity index (χ1) is 17.4. The van der Waals surface area contributed by atoms with Gasteiger partial charge in [-0.15, -0.1) is 13.2 Å². The minimum absolute atomic E-state index is 0.134. The summed E-state index contributed by atoms with van der Waals surface area (Å²) in [5, 5.41) is 10.9. The maximum Gasteiger partial charge on any atom is 0.573 e. The van der Waals surface area contributed by atoms with E-state index in [1.165, 1.54) is 24.3 Å². The molecule has 2 N–H and O–H groups in total. The molecule has 0 aliphatic carbocycles. The number of hydrogen-bond acceptors (Lipinski definition) is 5. The van der Waals surface area contributed by atoms with Crippen LogP contribution in [-0.4, -0.2) is 49.4 Å². The summed E-state index contributed by atoms with van der Waals surface area (Å²) in [6.45, 7) is 0.764. The smallest absolute Gasteiger partial charge is 0.406 e. The number of nitrogens with one attached hydrogen (secondary N) is 1. The van der Waals surface area contributed by atoms with Gasteiger partial charge < -0.3 is 14.7 Å². The van der Waals surface area contributed by atoms with Crippen molar-refractivity contribution in [3.8, 4) is 5.75 Å². The molecule has 1 saturated heterocycles. The number of benzene rings is 3.